The molecule has 30 heavy (non-hydrogen) atoms. The maximum Gasteiger partial charge on any atom is 0.329 e. The van der Waals surface area contributed by atoms with Crippen LogP contribution >= 0.6 is 0 Å². The molecule has 0 fully saturated rings. The van der Waals surface area contributed by atoms with Crippen molar-refractivity contribution < 1.29 is 14.3 Å². The Morgan fingerprint density at radius 3 is 2.43 bits per heavy atom. The van der Waals surface area contributed by atoms with Crippen LogP contribution in [0.2, 0.25) is 0 Å². The van der Waals surface area contributed by atoms with Crippen molar-refractivity contribution in [2.45, 2.75) is 20.1 Å². The van der Waals surface area contributed by atoms with Crippen molar-refractivity contribution in [3.05, 3.63) is 101 Å². The number of nitrogens with one attached hydrogen (secondary N) is 2. The lowest BCUT2D eigenvalue weighted by atomic mass is 10.2. The Labute approximate surface area is 175 Å². The molecule has 0 spiro atoms. The minimum atomic E-state index is -0.825. The molecule has 0 saturated carbocycles. The molecule has 0 heterocycles. The third-order valence-corrected chi connectivity index (χ3v) is 4.27. The van der Waals surface area contributed by atoms with E-state index in [1.807, 2.05) is 79.7 Å². The predicted octanol–water partition coefficient (Wildman–Crippen LogP) is 3.34. The largest absolute Gasteiger partial charge is 0.489 e. The second-order valence-electron chi connectivity index (χ2n) is 6.71. The number of hydrazone groups is 1. The molecule has 0 aliphatic carbocycles. The number of hydrogen-bond acceptors (Lipinski definition) is 4. The number of aryl methyl sites for hydroxylation is 1. The van der Waals surface area contributed by atoms with Crippen molar-refractivity contribution >= 4 is 18.0 Å². The van der Waals surface area contributed by atoms with Gasteiger partial charge in [0.1, 0.15) is 12.4 Å². The number of nitrogens with zero attached hydrogens (tertiary/aromatic N) is 1. The molecule has 6 nitrogen and oxygen atoms in total. The topological polar surface area (TPSA) is 79.8 Å². The van der Waals surface area contributed by atoms with Gasteiger partial charge in [-0.15, -0.1) is 0 Å². The fourth-order valence-corrected chi connectivity index (χ4v) is 2.61. The zero-order chi connectivity index (χ0) is 21.2. The molecule has 0 atom stereocenters. The first kappa shape index (κ1) is 20.8. The average molecular weight is 401 g/mol. The number of benzene rings is 3. The summed E-state index contributed by atoms with van der Waals surface area (Å²) in [5.41, 5.74) is 6.15. The van der Waals surface area contributed by atoms with Crippen molar-refractivity contribution in [1.29, 1.82) is 0 Å². The van der Waals surface area contributed by atoms with Crippen molar-refractivity contribution in [2.75, 3.05) is 0 Å². The lowest BCUT2D eigenvalue weighted by Crippen LogP contribution is -2.37. The van der Waals surface area contributed by atoms with Crippen molar-refractivity contribution in [3.8, 4) is 5.75 Å². The summed E-state index contributed by atoms with van der Waals surface area (Å²) >= 11 is 0. The summed E-state index contributed by atoms with van der Waals surface area (Å²) in [5.74, 6) is -0.883. The Bertz CT molecular complexity index is 1020. The lowest BCUT2D eigenvalue weighted by Gasteiger charge is -2.07. The van der Waals surface area contributed by atoms with E-state index in [9.17, 15) is 9.59 Å². The minimum Gasteiger partial charge on any atom is -0.489 e. The van der Waals surface area contributed by atoms with Gasteiger partial charge in [-0.25, -0.2) is 5.43 Å². The van der Waals surface area contributed by atoms with E-state index in [0.29, 0.717) is 12.4 Å². The van der Waals surface area contributed by atoms with Gasteiger partial charge >= 0.3 is 11.8 Å². The molecule has 0 unspecified atom stereocenters. The van der Waals surface area contributed by atoms with Crippen LogP contribution in [0.25, 0.3) is 0 Å². The Morgan fingerprint density at radius 1 is 0.900 bits per heavy atom. The second kappa shape index (κ2) is 10.6. The van der Waals surface area contributed by atoms with E-state index in [1.54, 1.807) is 6.07 Å². The zero-order valence-corrected chi connectivity index (χ0v) is 16.7. The third kappa shape index (κ3) is 6.60. The number of carbonyl (C=O) groups is 2. The fourth-order valence-electron chi connectivity index (χ4n) is 2.61. The minimum absolute atomic E-state index is 0.275. The van der Waals surface area contributed by atoms with E-state index in [0.717, 1.165) is 16.7 Å². The molecule has 152 valence electrons. The third-order valence-electron chi connectivity index (χ3n) is 4.27. The summed E-state index contributed by atoms with van der Waals surface area (Å²) in [4.78, 5) is 23.7. The molecule has 6 heteroatoms. The number of amides is 2. The Balaban J connectivity index is 1.47. The quantitative estimate of drug-likeness (QED) is 0.362. The summed E-state index contributed by atoms with van der Waals surface area (Å²) in [6.07, 6.45) is 1.46. The number of hydrogen-bond donors (Lipinski definition) is 2. The van der Waals surface area contributed by atoms with E-state index in [-0.39, 0.29) is 6.54 Å². The standard InChI is InChI=1S/C24H23N3O3/c1-18-10-12-20(13-11-18)17-30-22-9-5-8-21(14-22)16-26-27-24(29)23(28)25-15-19-6-3-2-4-7-19/h2-14,16H,15,17H2,1H3,(H,25,28)(H,27,29)/b26-16+. The van der Waals surface area contributed by atoms with Crippen LogP contribution in [-0.4, -0.2) is 18.0 Å². The first-order valence-corrected chi connectivity index (χ1v) is 9.54. The van der Waals surface area contributed by atoms with Crippen LogP contribution < -0.4 is 15.5 Å². The van der Waals surface area contributed by atoms with Crippen molar-refractivity contribution in [2.24, 2.45) is 5.10 Å². The van der Waals surface area contributed by atoms with E-state index in [2.05, 4.69) is 15.8 Å². The number of carbonyl (C=O) groups excluding carboxylic acids is 2. The van der Waals surface area contributed by atoms with Gasteiger partial charge in [0, 0.05) is 6.54 Å². The Morgan fingerprint density at radius 2 is 1.67 bits per heavy atom. The zero-order valence-electron chi connectivity index (χ0n) is 16.7. The predicted molar refractivity (Wildman–Crippen MR) is 116 cm³/mol. The van der Waals surface area contributed by atoms with Crippen LogP contribution in [0.1, 0.15) is 22.3 Å². The molecule has 2 amide bonds. The van der Waals surface area contributed by atoms with Crippen LogP contribution in [0.15, 0.2) is 84.0 Å². The fraction of sp³-hybridized carbons (Fsp3) is 0.125. The van der Waals surface area contributed by atoms with Gasteiger partial charge in [0.05, 0.1) is 6.21 Å². The first-order valence-electron chi connectivity index (χ1n) is 9.54. The molecular formula is C24H23N3O3. The second-order valence-corrected chi connectivity index (χ2v) is 6.71. The van der Waals surface area contributed by atoms with Crippen LogP contribution in [-0.2, 0) is 22.7 Å². The maximum atomic E-state index is 11.8. The summed E-state index contributed by atoms with van der Waals surface area (Å²) in [7, 11) is 0. The van der Waals surface area contributed by atoms with E-state index < -0.39 is 11.8 Å². The van der Waals surface area contributed by atoms with E-state index >= 15 is 0 Å². The molecule has 0 bridgehead atoms. The van der Waals surface area contributed by atoms with Crippen molar-refractivity contribution in [3.63, 3.8) is 0 Å². The normalized spacial score (nSPS) is 10.6. The summed E-state index contributed by atoms with van der Waals surface area (Å²) in [6.45, 7) is 2.77. The lowest BCUT2D eigenvalue weighted by molar-refractivity contribution is -0.139. The van der Waals surface area contributed by atoms with Gasteiger partial charge in [0.15, 0.2) is 0 Å². The molecular weight excluding hydrogens is 378 g/mol. The first-order chi connectivity index (χ1) is 14.6. The van der Waals surface area contributed by atoms with Gasteiger partial charge in [0.2, 0.25) is 0 Å². The van der Waals surface area contributed by atoms with Gasteiger partial charge in [-0.3, -0.25) is 9.59 Å². The van der Waals surface area contributed by atoms with Gasteiger partial charge in [0.25, 0.3) is 0 Å². The van der Waals surface area contributed by atoms with Gasteiger partial charge in [-0.1, -0.05) is 72.3 Å². The van der Waals surface area contributed by atoms with Crippen LogP contribution in [0.4, 0.5) is 0 Å². The molecule has 3 aromatic rings. The molecule has 0 radical (unpaired) electrons. The van der Waals surface area contributed by atoms with Crippen LogP contribution in [0.3, 0.4) is 0 Å². The van der Waals surface area contributed by atoms with Crippen molar-refractivity contribution in [1.82, 2.24) is 10.7 Å². The number of ether oxygens (including phenoxy) is 1. The van der Waals surface area contributed by atoms with Crippen LogP contribution in [0.5, 0.6) is 5.75 Å². The smallest absolute Gasteiger partial charge is 0.329 e. The summed E-state index contributed by atoms with van der Waals surface area (Å²) < 4.78 is 5.80. The van der Waals surface area contributed by atoms with Gasteiger partial charge < -0.3 is 10.1 Å². The highest BCUT2D eigenvalue weighted by molar-refractivity contribution is 6.35. The SMILES string of the molecule is Cc1ccc(COc2cccc(/C=N/NC(=O)C(=O)NCc3ccccc3)c2)cc1. The summed E-state index contributed by atoms with van der Waals surface area (Å²) in [5, 5.41) is 6.39. The van der Waals surface area contributed by atoms with E-state index in [4.69, 9.17) is 4.74 Å². The Hall–Kier alpha value is -3.93. The molecule has 3 aromatic carbocycles. The number of rotatable bonds is 7. The molecule has 3 rings (SSSR count). The van der Waals surface area contributed by atoms with Gasteiger partial charge in [-0.2, -0.15) is 5.10 Å². The average Bonchev–Trinajstić information content (AvgIpc) is 2.78. The highest BCUT2D eigenvalue weighted by Crippen LogP contribution is 2.14. The Kier molecular flexibility index (Phi) is 7.33. The molecule has 2 N–H and O–H groups in total. The molecule has 0 aromatic heterocycles. The van der Waals surface area contributed by atoms with Gasteiger partial charge in [-0.05, 0) is 35.7 Å². The summed E-state index contributed by atoms with van der Waals surface area (Å²) in [6, 6.07) is 24.8. The maximum absolute atomic E-state index is 11.8. The molecule has 0 saturated heterocycles. The van der Waals surface area contributed by atoms with E-state index in [1.165, 1.54) is 11.8 Å². The molecule has 0 aliphatic heterocycles. The molecule has 0 aliphatic rings. The monoisotopic (exact) mass is 401 g/mol. The highest BCUT2D eigenvalue weighted by atomic mass is 16.5. The van der Waals surface area contributed by atoms with Crippen LogP contribution in [0, 0.1) is 6.92 Å². The highest BCUT2D eigenvalue weighted by Gasteiger charge is 2.11.